The third kappa shape index (κ3) is 8.97. The second kappa shape index (κ2) is 15.3. The Morgan fingerprint density at radius 2 is 1.58 bits per heavy atom. The minimum atomic E-state index is -1.31. The van der Waals surface area contributed by atoms with Crippen LogP contribution in [0.25, 0.3) is 6.08 Å². The number of carboxylic acid groups (broad SMARTS) is 1. The van der Waals surface area contributed by atoms with Gasteiger partial charge in [0.25, 0.3) is 11.8 Å². The van der Waals surface area contributed by atoms with Crippen molar-refractivity contribution >= 4 is 52.9 Å². The Morgan fingerprint density at radius 1 is 0.867 bits per heavy atom. The summed E-state index contributed by atoms with van der Waals surface area (Å²) >= 11 is 1.27. The van der Waals surface area contributed by atoms with E-state index in [1.807, 2.05) is 6.92 Å². The smallest absolute Gasteiger partial charge is 0.339 e. The van der Waals surface area contributed by atoms with Crippen molar-refractivity contribution in [3.63, 3.8) is 0 Å². The van der Waals surface area contributed by atoms with Crippen LogP contribution < -0.4 is 20.7 Å². The van der Waals surface area contributed by atoms with Crippen LogP contribution in [0.1, 0.15) is 39.6 Å². The predicted octanol–water partition coefficient (Wildman–Crippen LogP) is 6.02. The lowest BCUT2D eigenvalue weighted by molar-refractivity contribution is -0.116. The van der Waals surface area contributed by atoms with E-state index < -0.39 is 28.8 Å². The molecular formula is C34H31N3O7S. The van der Waals surface area contributed by atoms with Gasteiger partial charge in [0.05, 0.1) is 12.4 Å². The number of carboxylic acids is 1. The monoisotopic (exact) mass is 625 g/mol. The minimum Gasteiger partial charge on any atom is -0.507 e. The summed E-state index contributed by atoms with van der Waals surface area (Å²) in [7, 11) is 1.55. The topological polar surface area (TPSA) is 154 Å². The zero-order valence-corrected chi connectivity index (χ0v) is 25.3. The molecule has 1 unspecified atom stereocenters. The van der Waals surface area contributed by atoms with E-state index in [0.717, 1.165) is 0 Å². The summed E-state index contributed by atoms with van der Waals surface area (Å²) in [5.41, 5.74) is 1.44. The average Bonchev–Trinajstić information content (AvgIpc) is 3.04. The highest BCUT2D eigenvalue weighted by Crippen LogP contribution is 2.29. The van der Waals surface area contributed by atoms with Gasteiger partial charge in [-0.3, -0.25) is 14.4 Å². The number of aromatic hydroxyl groups is 1. The van der Waals surface area contributed by atoms with Crippen LogP contribution in [0.5, 0.6) is 11.5 Å². The number of benzene rings is 4. The molecule has 4 aromatic carbocycles. The third-order valence-corrected chi connectivity index (χ3v) is 7.84. The van der Waals surface area contributed by atoms with Crippen LogP contribution in [0.15, 0.2) is 108 Å². The van der Waals surface area contributed by atoms with Crippen LogP contribution in [0.4, 0.5) is 11.4 Å². The van der Waals surface area contributed by atoms with E-state index in [1.54, 1.807) is 92.0 Å². The molecule has 0 spiro atoms. The molecule has 0 fully saturated rings. The predicted molar refractivity (Wildman–Crippen MR) is 174 cm³/mol. The van der Waals surface area contributed by atoms with Gasteiger partial charge in [0.1, 0.15) is 22.8 Å². The van der Waals surface area contributed by atoms with Gasteiger partial charge >= 0.3 is 5.97 Å². The Bertz CT molecular complexity index is 1720. The van der Waals surface area contributed by atoms with Crippen LogP contribution in [0.2, 0.25) is 0 Å². The maximum atomic E-state index is 13.5. The lowest BCUT2D eigenvalue weighted by atomic mass is 10.1. The number of anilines is 2. The summed E-state index contributed by atoms with van der Waals surface area (Å²) in [6.45, 7) is 1.84. The first-order valence-corrected chi connectivity index (χ1v) is 14.7. The largest absolute Gasteiger partial charge is 0.507 e. The second-order valence-electron chi connectivity index (χ2n) is 9.67. The molecule has 0 saturated carbocycles. The van der Waals surface area contributed by atoms with Gasteiger partial charge in [0, 0.05) is 21.8 Å². The van der Waals surface area contributed by atoms with E-state index in [2.05, 4.69) is 16.0 Å². The van der Waals surface area contributed by atoms with Crippen LogP contribution >= 0.6 is 11.8 Å². The van der Waals surface area contributed by atoms with Gasteiger partial charge in [0.2, 0.25) is 5.91 Å². The molecule has 11 heteroatoms. The number of carbonyl (C=O) groups excluding carboxylic acids is 3. The Hall–Kier alpha value is -5.55. The zero-order chi connectivity index (χ0) is 32.3. The highest BCUT2D eigenvalue weighted by molar-refractivity contribution is 8.00. The van der Waals surface area contributed by atoms with E-state index in [-0.39, 0.29) is 22.9 Å². The first-order valence-electron chi connectivity index (χ1n) is 13.8. The fourth-order valence-electron chi connectivity index (χ4n) is 4.15. The number of hydrogen-bond donors (Lipinski definition) is 5. The van der Waals surface area contributed by atoms with E-state index in [9.17, 15) is 29.4 Å². The fourth-order valence-corrected chi connectivity index (χ4v) is 5.16. The van der Waals surface area contributed by atoms with Gasteiger partial charge < -0.3 is 30.9 Å². The molecule has 0 aliphatic heterocycles. The molecule has 4 aromatic rings. The molecule has 230 valence electrons. The van der Waals surface area contributed by atoms with Gasteiger partial charge in [-0.15, -0.1) is 11.8 Å². The van der Waals surface area contributed by atoms with Crippen molar-refractivity contribution in [1.82, 2.24) is 5.32 Å². The van der Waals surface area contributed by atoms with Gasteiger partial charge in [-0.2, -0.15) is 0 Å². The minimum absolute atomic E-state index is 0.0208. The highest BCUT2D eigenvalue weighted by atomic mass is 32.2. The number of phenols is 1. The van der Waals surface area contributed by atoms with E-state index in [1.165, 1.54) is 30.0 Å². The lowest BCUT2D eigenvalue weighted by Crippen LogP contribution is -2.30. The molecule has 3 amide bonds. The fraction of sp³-hybridized carbons (Fsp3) is 0.118. The molecule has 5 N–H and O–H groups in total. The van der Waals surface area contributed by atoms with Crippen molar-refractivity contribution in [2.45, 2.75) is 23.5 Å². The lowest BCUT2D eigenvalue weighted by Gasteiger charge is -2.16. The van der Waals surface area contributed by atoms with Crippen LogP contribution in [0.3, 0.4) is 0 Å². The van der Waals surface area contributed by atoms with Crippen LogP contribution in [-0.4, -0.2) is 46.3 Å². The maximum Gasteiger partial charge on any atom is 0.339 e. The molecular weight excluding hydrogens is 594 g/mol. The molecule has 0 aliphatic carbocycles. The number of aromatic carboxylic acids is 1. The summed E-state index contributed by atoms with van der Waals surface area (Å²) in [5.74, 6) is -2.42. The van der Waals surface area contributed by atoms with Crippen molar-refractivity contribution in [3.05, 3.63) is 119 Å². The summed E-state index contributed by atoms with van der Waals surface area (Å²) < 4.78 is 5.20. The Morgan fingerprint density at radius 3 is 2.24 bits per heavy atom. The molecule has 0 aromatic heterocycles. The quantitative estimate of drug-likeness (QED) is 0.0728. The molecule has 0 heterocycles. The standard InChI is InChI=1S/C34H31N3O7S/c1-3-30(33(41)36-24-14-17-29(38)27(20-24)34(42)43)45-26-11-7-10-23(19-26)35-32(40)28(18-21-12-15-25(44-2)16-13-21)37-31(39)22-8-5-4-6-9-22/h4-20,30,38H,3H2,1-2H3,(H,35,40)(H,36,41)(H,37,39)(H,42,43)/b28-18+. The molecule has 10 nitrogen and oxygen atoms in total. The average molecular weight is 626 g/mol. The SMILES string of the molecule is CCC(Sc1cccc(NC(=O)/C(=C\c2ccc(OC)cc2)NC(=O)c2ccccc2)c1)C(=O)Nc1ccc(O)c(C(=O)O)c1. The molecule has 4 rings (SSSR count). The number of amides is 3. The van der Waals surface area contributed by atoms with Crippen LogP contribution in [0, 0.1) is 0 Å². The Labute approximate surface area is 264 Å². The number of nitrogens with one attached hydrogen (secondary N) is 3. The second-order valence-corrected chi connectivity index (χ2v) is 11.0. The Kier molecular flexibility index (Phi) is 11.0. The number of ether oxygens (including phenoxy) is 1. The van der Waals surface area contributed by atoms with Gasteiger partial charge in [-0.25, -0.2) is 4.79 Å². The number of rotatable bonds is 12. The number of thioether (sulfide) groups is 1. The van der Waals surface area contributed by atoms with Crippen molar-refractivity contribution in [3.8, 4) is 11.5 Å². The van der Waals surface area contributed by atoms with E-state index in [0.29, 0.717) is 33.9 Å². The highest BCUT2D eigenvalue weighted by Gasteiger charge is 2.20. The molecule has 0 bridgehead atoms. The van der Waals surface area contributed by atoms with Crippen LogP contribution in [-0.2, 0) is 9.59 Å². The number of hydrogen-bond acceptors (Lipinski definition) is 7. The zero-order valence-electron chi connectivity index (χ0n) is 24.4. The normalized spacial score (nSPS) is 11.6. The summed E-state index contributed by atoms with van der Waals surface area (Å²) in [6, 6.07) is 26.3. The maximum absolute atomic E-state index is 13.5. The summed E-state index contributed by atoms with van der Waals surface area (Å²) in [5, 5.41) is 26.7. The molecule has 0 radical (unpaired) electrons. The first-order chi connectivity index (χ1) is 21.7. The summed E-state index contributed by atoms with van der Waals surface area (Å²) in [6.07, 6.45) is 2.02. The molecule has 0 aliphatic rings. The number of methoxy groups -OCH3 is 1. The van der Waals surface area contributed by atoms with Crippen molar-refractivity contribution in [1.29, 1.82) is 0 Å². The van der Waals surface area contributed by atoms with E-state index >= 15 is 0 Å². The van der Waals surface area contributed by atoms with Crippen molar-refractivity contribution < 1.29 is 34.1 Å². The molecule has 45 heavy (non-hydrogen) atoms. The van der Waals surface area contributed by atoms with Gasteiger partial charge in [0.15, 0.2) is 0 Å². The molecule has 1 atom stereocenters. The third-order valence-electron chi connectivity index (χ3n) is 6.48. The number of carbonyl (C=O) groups is 4. The van der Waals surface area contributed by atoms with Crippen molar-refractivity contribution in [2.75, 3.05) is 17.7 Å². The Balaban J connectivity index is 1.50. The van der Waals surface area contributed by atoms with Gasteiger partial charge in [-0.05, 0) is 78.7 Å². The van der Waals surface area contributed by atoms with Gasteiger partial charge in [-0.1, -0.05) is 43.3 Å². The molecule has 0 saturated heterocycles. The first kappa shape index (κ1) is 32.4. The van der Waals surface area contributed by atoms with E-state index in [4.69, 9.17) is 4.74 Å². The van der Waals surface area contributed by atoms with Crippen molar-refractivity contribution in [2.24, 2.45) is 0 Å². The summed E-state index contributed by atoms with van der Waals surface area (Å²) in [4.78, 5) is 51.5.